The Kier molecular flexibility index (Phi) is 6.05. The molecule has 1 aliphatic heterocycles. The van der Waals surface area contributed by atoms with Crippen LogP contribution in [0.2, 0.25) is 0 Å². The fourth-order valence-electron chi connectivity index (χ4n) is 2.83. The highest BCUT2D eigenvalue weighted by atomic mass is 32.2. The second-order valence-electron chi connectivity index (χ2n) is 6.04. The Bertz CT molecular complexity index is 509. The van der Waals surface area contributed by atoms with Crippen molar-refractivity contribution in [3.05, 3.63) is 0 Å². The van der Waals surface area contributed by atoms with Gasteiger partial charge in [0.25, 0.3) is 10.1 Å². The van der Waals surface area contributed by atoms with Crippen LogP contribution in [0.3, 0.4) is 0 Å². The Balaban J connectivity index is 1.69. The van der Waals surface area contributed by atoms with Gasteiger partial charge in [0.2, 0.25) is 0 Å². The third-order valence-corrected chi connectivity index (χ3v) is 7.09. The van der Waals surface area contributed by atoms with Gasteiger partial charge in [0, 0.05) is 19.6 Å². The summed E-state index contributed by atoms with van der Waals surface area (Å²) in [6, 6.07) is 0. The van der Waals surface area contributed by atoms with E-state index in [2.05, 4.69) is 0 Å². The van der Waals surface area contributed by atoms with Gasteiger partial charge in [-0.15, -0.1) is 0 Å². The first-order chi connectivity index (χ1) is 9.86. The summed E-state index contributed by atoms with van der Waals surface area (Å²) < 4.78 is 51.5. The molecule has 2 fully saturated rings. The van der Waals surface area contributed by atoms with E-state index in [0.717, 1.165) is 25.7 Å². The Morgan fingerprint density at radius 3 is 2.29 bits per heavy atom. The van der Waals surface area contributed by atoms with Crippen molar-refractivity contribution in [1.82, 2.24) is 4.90 Å². The summed E-state index contributed by atoms with van der Waals surface area (Å²) >= 11 is 0. The van der Waals surface area contributed by atoms with Gasteiger partial charge < -0.3 is 4.90 Å². The molecular weight excluding hydrogens is 314 g/mol. The van der Waals surface area contributed by atoms with Gasteiger partial charge >= 0.3 is 0 Å². The number of sulfone groups is 1. The lowest BCUT2D eigenvalue weighted by molar-refractivity contribution is 0.212. The van der Waals surface area contributed by atoms with Crippen LogP contribution in [0, 0.1) is 5.92 Å². The highest BCUT2D eigenvalue weighted by Crippen LogP contribution is 2.24. The van der Waals surface area contributed by atoms with E-state index in [9.17, 15) is 16.8 Å². The average molecular weight is 339 g/mol. The normalized spacial score (nSPS) is 25.0. The van der Waals surface area contributed by atoms with Crippen molar-refractivity contribution in [2.75, 3.05) is 43.5 Å². The Morgan fingerprint density at radius 2 is 1.67 bits per heavy atom. The van der Waals surface area contributed by atoms with E-state index in [-0.39, 0.29) is 17.3 Å². The van der Waals surface area contributed by atoms with Crippen molar-refractivity contribution in [2.24, 2.45) is 5.92 Å². The lowest BCUT2D eigenvalue weighted by Crippen LogP contribution is -2.42. The second-order valence-corrected chi connectivity index (χ2v) is 10.1. The lowest BCUT2D eigenvalue weighted by atomic mass is 9.90. The predicted molar refractivity (Wildman–Crippen MR) is 81.4 cm³/mol. The van der Waals surface area contributed by atoms with E-state index in [1.54, 1.807) is 0 Å². The molecule has 0 unspecified atom stereocenters. The zero-order valence-electron chi connectivity index (χ0n) is 12.4. The van der Waals surface area contributed by atoms with Crippen LogP contribution in [-0.4, -0.2) is 65.2 Å². The van der Waals surface area contributed by atoms with Gasteiger partial charge in [0.1, 0.15) is 0 Å². The van der Waals surface area contributed by atoms with E-state index in [0.29, 0.717) is 32.2 Å². The average Bonchev–Trinajstić information content (AvgIpc) is 2.45. The van der Waals surface area contributed by atoms with Crippen LogP contribution in [0.4, 0.5) is 0 Å². The van der Waals surface area contributed by atoms with E-state index >= 15 is 0 Å². The molecule has 0 spiro atoms. The third kappa shape index (κ3) is 6.22. The van der Waals surface area contributed by atoms with Crippen LogP contribution in [0.15, 0.2) is 0 Å². The van der Waals surface area contributed by atoms with Crippen molar-refractivity contribution >= 4 is 20.0 Å². The summed E-state index contributed by atoms with van der Waals surface area (Å²) in [5, 5.41) is 0. The van der Waals surface area contributed by atoms with Gasteiger partial charge in [-0.25, -0.2) is 8.42 Å². The van der Waals surface area contributed by atoms with E-state index < -0.39 is 20.0 Å². The highest BCUT2D eigenvalue weighted by molar-refractivity contribution is 7.91. The largest absolute Gasteiger partial charge is 0.300 e. The van der Waals surface area contributed by atoms with Crippen LogP contribution in [0.25, 0.3) is 0 Å². The summed E-state index contributed by atoms with van der Waals surface area (Å²) in [5.41, 5.74) is 0. The molecule has 0 aromatic carbocycles. The van der Waals surface area contributed by atoms with E-state index in [1.807, 2.05) is 4.90 Å². The monoisotopic (exact) mass is 339 g/mol. The molecule has 1 heterocycles. The maximum Gasteiger partial charge on any atom is 0.268 e. The van der Waals surface area contributed by atoms with Crippen molar-refractivity contribution < 1.29 is 21.0 Å². The standard InChI is InChI=1S/C13H25NO5S2/c15-20(16)9-6-14(7-10-20)8-11-21(17,18)19-12-13-4-2-1-3-5-13/h13H,1-12H2. The van der Waals surface area contributed by atoms with Gasteiger partial charge in [-0.2, -0.15) is 8.42 Å². The van der Waals surface area contributed by atoms with Gasteiger partial charge in [-0.05, 0) is 18.8 Å². The zero-order valence-corrected chi connectivity index (χ0v) is 14.0. The molecule has 8 heteroatoms. The second kappa shape index (κ2) is 7.39. The summed E-state index contributed by atoms with van der Waals surface area (Å²) in [5.74, 6) is 0.555. The molecule has 1 saturated heterocycles. The van der Waals surface area contributed by atoms with Crippen LogP contribution in [-0.2, 0) is 24.1 Å². The molecule has 0 atom stereocenters. The molecule has 1 saturated carbocycles. The van der Waals surface area contributed by atoms with E-state index in [1.165, 1.54) is 6.42 Å². The number of hydrogen-bond donors (Lipinski definition) is 0. The van der Waals surface area contributed by atoms with Crippen LogP contribution >= 0.6 is 0 Å². The minimum absolute atomic E-state index is 0.0558. The van der Waals surface area contributed by atoms with Crippen LogP contribution in [0.5, 0.6) is 0 Å². The van der Waals surface area contributed by atoms with Crippen molar-refractivity contribution in [2.45, 2.75) is 32.1 Å². The molecule has 124 valence electrons. The van der Waals surface area contributed by atoms with Gasteiger partial charge in [-0.3, -0.25) is 4.18 Å². The lowest BCUT2D eigenvalue weighted by Gasteiger charge is -2.26. The first-order valence-corrected chi connectivity index (χ1v) is 11.1. The molecule has 0 aromatic heterocycles. The molecule has 0 aromatic rings. The first-order valence-electron chi connectivity index (χ1n) is 7.66. The van der Waals surface area contributed by atoms with Crippen LogP contribution < -0.4 is 0 Å². The highest BCUT2D eigenvalue weighted by Gasteiger charge is 2.24. The van der Waals surface area contributed by atoms with Crippen molar-refractivity contribution in [3.63, 3.8) is 0 Å². The number of hydrogen-bond acceptors (Lipinski definition) is 6. The fraction of sp³-hybridized carbons (Fsp3) is 1.00. The van der Waals surface area contributed by atoms with Gasteiger partial charge in [0.15, 0.2) is 9.84 Å². The number of nitrogens with zero attached hydrogens (tertiary/aromatic N) is 1. The Labute approximate surface area is 127 Å². The molecule has 2 rings (SSSR count). The Hall–Kier alpha value is -0.180. The first kappa shape index (κ1) is 17.2. The molecule has 1 aliphatic carbocycles. The summed E-state index contributed by atoms with van der Waals surface area (Å²) in [6.45, 7) is 1.49. The summed E-state index contributed by atoms with van der Waals surface area (Å²) in [4.78, 5) is 1.88. The minimum Gasteiger partial charge on any atom is -0.300 e. The molecule has 2 aliphatic rings. The van der Waals surface area contributed by atoms with Gasteiger partial charge in [-0.1, -0.05) is 19.3 Å². The summed E-state index contributed by atoms with van der Waals surface area (Å²) in [7, 11) is -6.42. The molecule has 0 amide bonds. The molecule has 0 bridgehead atoms. The predicted octanol–water partition coefficient (Wildman–Crippen LogP) is 0.643. The molecule has 6 nitrogen and oxygen atoms in total. The SMILES string of the molecule is O=S1(=O)CCN(CCS(=O)(=O)OCC2CCCCC2)CC1. The van der Waals surface area contributed by atoms with E-state index in [4.69, 9.17) is 4.18 Å². The zero-order chi connectivity index (χ0) is 15.3. The fourth-order valence-corrected chi connectivity index (χ4v) is 5.10. The molecule has 21 heavy (non-hydrogen) atoms. The smallest absolute Gasteiger partial charge is 0.268 e. The maximum absolute atomic E-state index is 11.9. The minimum atomic E-state index is -3.50. The Morgan fingerprint density at radius 1 is 1.05 bits per heavy atom. The maximum atomic E-state index is 11.9. The quantitative estimate of drug-likeness (QED) is 0.661. The molecular formula is C13H25NO5S2. The molecule has 0 radical (unpaired) electrons. The van der Waals surface area contributed by atoms with Crippen molar-refractivity contribution in [3.8, 4) is 0 Å². The topological polar surface area (TPSA) is 80.8 Å². The van der Waals surface area contributed by atoms with Gasteiger partial charge in [0.05, 0.1) is 23.9 Å². The summed E-state index contributed by atoms with van der Waals surface area (Å²) in [6.07, 6.45) is 5.67. The van der Waals surface area contributed by atoms with Crippen molar-refractivity contribution in [1.29, 1.82) is 0 Å². The third-order valence-electron chi connectivity index (χ3n) is 4.30. The molecule has 0 N–H and O–H groups in total. The number of rotatable bonds is 6. The van der Waals surface area contributed by atoms with Crippen LogP contribution in [0.1, 0.15) is 32.1 Å².